The van der Waals surface area contributed by atoms with Gasteiger partial charge in [-0.1, -0.05) is 13.3 Å². The average molecular weight is 252 g/mol. The maximum atomic E-state index is 8.96. The second kappa shape index (κ2) is 7.11. The van der Waals surface area contributed by atoms with Crippen molar-refractivity contribution in [1.82, 2.24) is 4.90 Å². The summed E-state index contributed by atoms with van der Waals surface area (Å²) in [4.78, 5) is 2.51. The van der Waals surface area contributed by atoms with Gasteiger partial charge in [0.15, 0.2) is 0 Å². The number of rotatable bonds is 6. The normalized spacial score (nSPS) is 25.9. The Labute approximate surface area is 112 Å². The topological polar surface area (TPSA) is 36.3 Å². The van der Waals surface area contributed by atoms with Crippen LogP contribution in [-0.2, 0) is 4.74 Å². The Bertz CT molecular complexity index is 283. The molecule has 2 atom stereocenters. The van der Waals surface area contributed by atoms with Crippen LogP contribution in [0.2, 0.25) is 0 Å². The van der Waals surface area contributed by atoms with E-state index in [9.17, 15) is 0 Å². The minimum Gasteiger partial charge on any atom is -0.380 e. The van der Waals surface area contributed by atoms with E-state index in [0.29, 0.717) is 12.0 Å². The third-order valence-corrected chi connectivity index (χ3v) is 4.11. The maximum absolute atomic E-state index is 8.96. The highest BCUT2D eigenvalue weighted by atomic mass is 16.5. The molecule has 1 aliphatic heterocycles. The van der Waals surface area contributed by atoms with Crippen LogP contribution in [0, 0.1) is 22.7 Å². The van der Waals surface area contributed by atoms with Crippen LogP contribution in [0.15, 0.2) is 0 Å². The molecule has 104 valence electrons. The Morgan fingerprint density at radius 1 is 1.39 bits per heavy atom. The third kappa shape index (κ3) is 4.96. The fourth-order valence-electron chi connectivity index (χ4n) is 2.57. The molecule has 1 fully saturated rings. The highest BCUT2D eigenvalue weighted by Crippen LogP contribution is 2.23. The first-order valence-electron chi connectivity index (χ1n) is 7.15. The zero-order chi connectivity index (χ0) is 13.6. The molecule has 0 spiro atoms. The highest BCUT2D eigenvalue weighted by Gasteiger charge is 2.25. The van der Waals surface area contributed by atoms with E-state index in [0.717, 1.165) is 25.9 Å². The molecular formula is C15H28N2O. The molecule has 1 saturated heterocycles. The van der Waals surface area contributed by atoms with Gasteiger partial charge in [0.05, 0.1) is 17.6 Å². The number of unbranched alkanes of at least 4 members (excludes halogenated alkanes) is 1. The summed E-state index contributed by atoms with van der Waals surface area (Å²) in [5, 5.41) is 8.96. The molecule has 0 aromatic carbocycles. The Morgan fingerprint density at radius 2 is 2.11 bits per heavy atom. The lowest BCUT2D eigenvalue weighted by molar-refractivity contribution is -0.00535. The van der Waals surface area contributed by atoms with Crippen molar-refractivity contribution >= 4 is 0 Å². The molecule has 2 unspecified atom stereocenters. The molecule has 18 heavy (non-hydrogen) atoms. The number of methoxy groups -OCH3 is 1. The van der Waals surface area contributed by atoms with Gasteiger partial charge in [-0.3, -0.25) is 0 Å². The fourth-order valence-corrected chi connectivity index (χ4v) is 2.57. The van der Waals surface area contributed by atoms with Crippen LogP contribution in [0.3, 0.4) is 0 Å². The molecule has 0 amide bonds. The first-order chi connectivity index (χ1) is 8.48. The van der Waals surface area contributed by atoms with E-state index in [2.05, 4.69) is 17.9 Å². The van der Waals surface area contributed by atoms with E-state index in [-0.39, 0.29) is 5.41 Å². The first kappa shape index (κ1) is 15.5. The predicted octanol–water partition coefficient (Wildman–Crippen LogP) is 3.06. The molecule has 3 heteroatoms. The molecule has 0 aliphatic carbocycles. The summed E-state index contributed by atoms with van der Waals surface area (Å²) in [5.41, 5.74) is -0.161. The zero-order valence-electron chi connectivity index (χ0n) is 12.4. The molecular weight excluding hydrogens is 224 g/mol. The largest absolute Gasteiger partial charge is 0.380 e. The standard InChI is InChI=1S/C15H28N2O/c1-13-7-10-17(11-14(13)18-4)9-6-5-8-15(2,3)12-16/h13-14H,5-11H2,1-4H3. The summed E-state index contributed by atoms with van der Waals surface area (Å²) in [6.07, 6.45) is 4.97. The van der Waals surface area contributed by atoms with Crippen molar-refractivity contribution in [3.8, 4) is 6.07 Å². The van der Waals surface area contributed by atoms with E-state index >= 15 is 0 Å². The molecule has 1 heterocycles. The molecule has 0 aromatic rings. The lowest BCUT2D eigenvalue weighted by atomic mass is 9.89. The third-order valence-electron chi connectivity index (χ3n) is 4.11. The number of hydrogen-bond donors (Lipinski definition) is 0. The van der Waals surface area contributed by atoms with Crippen molar-refractivity contribution in [2.45, 2.75) is 52.6 Å². The summed E-state index contributed by atoms with van der Waals surface area (Å²) in [6.45, 7) is 9.74. The zero-order valence-corrected chi connectivity index (χ0v) is 12.4. The number of nitriles is 1. The number of nitrogens with zero attached hydrogens (tertiary/aromatic N) is 2. The smallest absolute Gasteiger partial charge is 0.0724 e. The first-order valence-corrected chi connectivity index (χ1v) is 7.15. The minimum atomic E-state index is -0.161. The van der Waals surface area contributed by atoms with Crippen LogP contribution < -0.4 is 0 Å². The molecule has 3 nitrogen and oxygen atoms in total. The lowest BCUT2D eigenvalue weighted by Crippen LogP contribution is -2.44. The Kier molecular flexibility index (Phi) is 6.11. The van der Waals surface area contributed by atoms with Gasteiger partial charge in [-0.15, -0.1) is 0 Å². The van der Waals surface area contributed by atoms with Gasteiger partial charge in [0.1, 0.15) is 0 Å². The van der Waals surface area contributed by atoms with Crippen LogP contribution in [0.25, 0.3) is 0 Å². The van der Waals surface area contributed by atoms with Gasteiger partial charge >= 0.3 is 0 Å². The molecule has 0 N–H and O–H groups in total. The summed E-state index contributed by atoms with van der Waals surface area (Å²) in [5.74, 6) is 0.684. The lowest BCUT2D eigenvalue weighted by Gasteiger charge is -2.36. The molecule has 0 aromatic heterocycles. The monoisotopic (exact) mass is 252 g/mol. The summed E-state index contributed by atoms with van der Waals surface area (Å²) in [6, 6.07) is 2.37. The van der Waals surface area contributed by atoms with Gasteiger partial charge in [-0.05, 0) is 52.1 Å². The average Bonchev–Trinajstić information content (AvgIpc) is 2.36. The number of hydrogen-bond acceptors (Lipinski definition) is 3. The van der Waals surface area contributed by atoms with Crippen LogP contribution in [0.4, 0.5) is 0 Å². The van der Waals surface area contributed by atoms with Crippen molar-refractivity contribution < 1.29 is 4.74 Å². The van der Waals surface area contributed by atoms with E-state index in [1.807, 2.05) is 21.0 Å². The van der Waals surface area contributed by atoms with Crippen molar-refractivity contribution in [3.63, 3.8) is 0 Å². The predicted molar refractivity (Wildman–Crippen MR) is 74.3 cm³/mol. The molecule has 0 radical (unpaired) electrons. The van der Waals surface area contributed by atoms with Crippen LogP contribution in [-0.4, -0.2) is 37.7 Å². The number of ether oxygens (including phenoxy) is 1. The summed E-state index contributed by atoms with van der Waals surface area (Å²) < 4.78 is 5.53. The molecule has 0 bridgehead atoms. The van der Waals surface area contributed by atoms with E-state index in [1.54, 1.807) is 0 Å². The van der Waals surface area contributed by atoms with Crippen LogP contribution >= 0.6 is 0 Å². The van der Waals surface area contributed by atoms with E-state index in [4.69, 9.17) is 10.00 Å². The second-order valence-corrected chi connectivity index (χ2v) is 6.29. The van der Waals surface area contributed by atoms with Gasteiger partial charge in [0, 0.05) is 13.7 Å². The van der Waals surface area contributed by atoms with Crippen molar-refractivity contribution in [2.75, 3.05) is 26.7 Å². The highest BCUT2D eigenvalue weighted by molar-refractivity contribution is 4.91. The SMILES string of the molecule is COC1CN(CCCCC(C)(C)C#N)CCC1C. The Morgan fingerprint density at radius 3 is 2.72 bits per heavy atom. The van der Waals surface area contributed by atoms with Gasteiger partial charge in [-0.2, -0.15) is 5.26 Å². The molecule has 1 rings (SSSR count). The fraction of sp³-hybridized carbons (Fsp3) is 0.933. The van der Waals surface area contributed by atoms with Crippen molar-refractivity contribution in [1.29, 1.82) is 5.26 Å². The van der Waals surface area contributed by atoms with E-state index in [1.165, 1.54) is 19.4 Å². The van der Waals surface area contributed by atoms with E-state index < -0.39 is 0 Å². The Hall–Kier alpha value is -0.590. The van der Waals surface area contributed by atoms with Crippen molar-refractivity contribution in [3.05, 3.63) is 0 Å². The van der Waals surface area contributed by atoms with Gasteiger partial charge < -0.3 is 9.64 Å². The summed E-state index contributed by atoms with van der Waals surface area (Å²) in [7, 11) is 1.82. The minimum absolute atomic E-state index is 0.161. The van der Waals surface area contributed by atoms with Gasteiger partial charge in [0.25, 0.3) is 0 Å². The van der Waals surface area contributed by atoms with Gasteiger partial charge in [0.2, 0.25) is 0 Å². The number of piperidine rings is 1. The Balaban J connectivity index is 2.19. The second-order valence-electron chi connectivity index (χ2n) is 6.29. The van der Waals surface area contributed by atoms with Crippen LogP contribution in [0.1, 0.15) is 46.5 Å². The molecule has 0 saturated carbocycles. The summed E-state index contributed by atoms with van der Waals surface area (Å²) >= 11 is 0. The number of likely N-dealkylation sites (tertiary alicyclic amines) is 1. The maximum Gasteiger partial charge on any atom is 0.0724 e. The van der Waals surface area contributed by atoms with Crippen LogP contribution in [0.5, 0.6) is 0 Å². The molecule has 1 aliphatic rings. The van der Waals surface area contributed by atoms with Crippen molar-refractivity contribution in [2.24, 2.45) is 11.3 Å². The van der Waals surface area contributed by atoms with Gasteiger partial charge in [-0.25, -0.2) is 0 Å². The quantitative estimate of drug-likeness (QED) is 0.682.